The zero-order valence-electron chi connectivity index (χ0n) is 9.80. The third-order valence-corrected chi connectivity index (χ3v) is 3.32. The van der Waals surface area contributed by atoms with E-state index in [9.17, 15) is 4.79 Å². The van der Waals surface area contributed by atoms with E-state index in [1.165, 1.54) is 4.90 Å². The Hall–Kier alpha value is -1.80. The van der Waals surface area contributed by atoms with Gasteiger partial charge < -0.3 is 5.73 Å². The van der Waals surface area contributed by atoms with Crippen molar-refractivity contribution in [2.24, 2.45) is 10.7 Å². The number of hydrogen-bond acceptors (Lipinski definition) is 2. The van der Waals surface area contributed by atoms with E-state index in [-0.39, 0.29) is 24.0 Å². The molecule has 0 radical (unpaired) electrons. The number of hydrogen-bond donors (Lipinski definition) is 1. The van der Waals surface area contributed by atoms with E-state index in [0.29, 0.717) is 0 Å². The molecule has 2 N–H and O–H groups in total. The van der Waals surface area contributed by atoms with Gasteiger partial charge in [0.15, 0.2) is 0 Å². The molecule has 0 aliphatic carbocycles. The first-order valence-electron chi connectivity index (χ1n) is 5.42. The van der Waals surface area contributed by atoms with Crippen molar-refractivity contribution in [2.75, 3.05) is 0 Å². The molecule has 0 saturated heterocycles. The first-order chi connectivity index (χ1) is 8.54. The smallest absolute Gasteiger partial charge is 0.347 e. The number of benzene rings is 1. The van der Waals surface area contributed by atoms with E-state index in [1.807, 2.05) is 24.3 Å². The van der Waals surface area contributed by atoms with Crippen molar-refractivity contribution in [3.05, 3.63) is 34.3 Å². The molecule has 2 unspecified atom stereocenters. The zero-order chi connectivity index (χ0) is 13.3. The normalized spacial score (nSPS) is 20.5. The van der Waals surface area contributed by atoms with E-state index in [1.54, 1.807) is 6.92 Å². The number of nitrogens with two attached hydrogens (primary N) is 1. The summed E-state index contributed by atoms with van der Waals surface area (Å²) < 4.78 is 0.917. The van der Waals surface area contributed by atoms with Crippen molar-refractivity contribution < 1.29 is 4.79 Å². The number of carbonyl (C=O) groups excluding carboxylic acids is 1. The van der Waals surface area contributed by atoms with E-state index >= 15 is 0 Å². The maximum Gasteiger partial charge on any atom is 0.347 e. The molecular weight excluding hydrogens is 294 g/mol. The number of aliphatic imine (C=N–C) groups is 1. The molecule has 5 heteroatoms. The van der Waals surface area contributed by atoms with Gasteiger partial charge >= 0.3 is 6.03 Å². The third-order valence-electron chi connectivity index (χ3n) is 2.83. The van der Waals surface area contributed by atoms with Crippen molar-refractivity contribution >= 4 is 27.8 Å². The van der Waals surface area contributed by atoms with Gasteiger partial charge in [-0.2, -0.15) is 4.99 Å². The predicted molar refractivity (Wildman–Crippen MR) is 74.0 cm³/mol. The van der Waals surface area contributed by atoms with Crippen LogP contribution in [0, 0.1) is 12.3 Å². The molecule has 0 spiro atoms. The summed E-state index contributed by atoms with van der Waals surface area (Å²) in [6.45, 7) is 1.77. The second-order valence-electron chi connectivity index (χ2n) is 4.03. The molecule has 2 atom stereocenters. The highest BCUT2D eigenvalue weighted by Crippen LogP contribution is 2.30. The number of halogens is 1. The number of carbonyl (C=O) groups is 1. The van der Waals surface area contributed by atoms with E-state index in [4.69, 9.17) is 12.2 Å². The van der Waals surface area contributed by atoms with E-state index < -0.39 is 0 Å². The Morgan fingerprint density at radius 2 is 2.33 bits per heavy atom. The fourth-order valence-corrected chi connectivity index (χ4v) is 2.38. The van der Waals surface area contributed by atoms with Gasteiger partial charge in [-0.3, -0.25) is 4.90 Å². The summed E-state index contributed by atoms with van der Waals surface area (Å²) in [7, 11) is 0. The summed E-state index contributed by atoms with van der Waals surface area (Å²) in [5.74, 6) is 2.81. The van der Waals surface area contributed by atoms with Gasteiger partial charge in [-0.05, 0) is 24.6 Å². The van der Waals surface area contributed by atoms with Crippen LogP contribution in [-0.4, -0.2) is 22.8 Å². The Balaban J connectivity index is 2.44. The Morgan fingerprint density at radius 1 is 1.61 bits per heavy atom. The van der Waals surface area contributed by atoms with Crippen molar-refractivity contribution in [1.82, 2.24) is 4.90 Å². The fraction of sp³-hybridized carbons (Fsp3) is 0.231. The average Bonchev–Trinajstić information content (AvgIpc) is 2.63. The summed E-state index contributed by atoms with van der Waals surface area (Å²) in [4.78, 5) is 17.1. The molecule has 92 valence electrons. The molecule has 0 bridgehead atoms. The summed E-state index contributed by atoms with van der Waals surface area (Å²) >= 11 is 3.39. The molecule has 2 rings (SSSR count). The molecule has 1 aliphatic heterocycles. The van der Waals surface area contributed by atoms with Gasteiger partial charge in [0, 0.05) is 4.47 Å². The van der Waals surface area contributed by atoms with Crippen molar-refractivity contribution in [3.8, 4) is 12.3 Å². The van der Waals surface area contributed by atoms with Gasteiger partial charge in [-0.15, -0.1) is 6.42 Å². The minimum absolute atomic E-state index is 0.278. The molecule has 0 saturated carbocycles. The van der Waals surface area contributed by atoms with Gasteiger partial charge in [0.05, 0.1) is 6.04 Å². The maximum absolute atomic E-state index is 11.8. The van der Waals surface area contributed by atoms with Crippen LogP contribution in [0.2, 0.25) is 0 Å². The number of urea groups is 1. The van der Waals surface area contributed by atoms with Crippen molar-refractivity contribution in [2.45, 2.75) is 19.0 Å². The SMILES string of the molecule is C#CC(C)N1C(=O)N=C(N)C1c1cccc(Br)c1. The predicted octanol–water partition coefficient (Wildman–Crippen LogP) is 2.30. The lowest BCUT2D eigenvalue weighted by Gasteiger charge is -2.27. The Labute approximate surface area is 114 Å². The quantitative estimate of drug-likeness (QED) is 0.852. The molecule has 0 aromatic heterocycles. The highest BCUT2D eigenvalue weighted by atomic mass is 79.9. The van der Waals surface area contributed by atoms with Crippen LogP contribution >= 0.6 is 15.9 Å². The highest BCUT2D eigenvalue weighted by molar-refractivity contribution is 9.10. The third kappa shape index (κ3) is 2.12. The van der Waals surface area contributed by atoms with Crippen LogP contribution in [-0.2, 0) is 0 Å². The fourth-order valence-electron chi connectivity index (χ4n) is 1.96. The van der Waals surface area contributed by atoms with E-state index in [2.05, 4.69) is 26.8 Å². The standard InChI is InChI=1S/C13H12BrN3O/c1-3-8(2)17-11(12(15)16-13(17)18)9-5-4-6-10(14)7-9/h1,4-8,11H,2H3,(H2,15,16,18). The maximum atomic E-state index is 11.8. The van der Waals surface area contributed by atoms with Crippen LogP contribution in [0.4, 0.5) is 4.79 Å². The van der Waals surface area contributed by atoms with Gasteiger partial charge in [-0.25, -0.2) is 4.79 Å². The summed E-state index contributed by atoms with van der Waals surface area (Å²) in [6, 6.07) is 6.46. The summed E-state index contributed by atoms with van der Waals surface area (Å²) in [5, 5.41) is 0. The first-order valence-corrected chi connectivity index (χ1v) is 6.22. The molecule has 1 heterocycles. The van der Waals surface area contributed by atoms with Crippen molar-refractivity contribution in [3.63, 3.8) is 0 Å². The van der Waals surface area contributed by atoms with Crippen LogP contribution in [0.15, 0.2) is 33.7 Å². The topological polar surface area (TPSA) is 58.7 Å². The first kappa shape index (κ1) is 12.7. The van der Waals surface area contributed by atoms with Gasteiger partial charge in [-0.1, -0.05) is 34.0 Å². The zero-order valence-corrected chi connectivity index (χ0v) is 11.4. The molecule has 2 amide bonds. The Bertz CT molecular complexity index is 562. The molecule has 0 fully saturated rings. The van der Waals surface area contributed by atoms with Crippen LogP contribution in [0.25, 0.3) is 0 Å². The molecule has 1 aromatic carbocycles. The van der Waals surface area contributed by atoms with Crippen LogP contribution < -0.4 is 5.73 Å². The largest absolute Gasteiger partial charge is 0.385 e. The van der Waals surface area contributed by atoms with Crippen molar-refractivity contribution in [1.29, 1.82) is 0 Å². The number of nitrogens with zero attached hydrogens (tertiary/aromatic N) is 2. The number of amidine groups is 1. The van der Waals surface area contributed by atoms with E-state index in [0.717, 1.165) is 10.0 Å². The highest BCUT2D eigenvalue weighted by Gasteiger charge is 2.37. The number of rotatable bonds is 2. The van der Waals surface area contributed by atoms with Crippen LogP contribution in [0.3, 0.4) is 0 Å². The summed E-state index contributed by atoms with van der Waals surface area (Å²) in [5.41, 5.74) is 6.73. The molecule has 1 aliphatic rings. The Morgan fingerprint density at radius 3 is 2.94 bits per heavy atom. The van der Waals surface area contributed by atoms with Gasteiger partial charge in [0.2, 0.25) is 0 Å². The lowest BCUT2D eigenvalue weighted by atomic mass is 10.0. The van der Waals surface area contributed by atoms with Crippen LogP contribution in [0.1, 0.15) is 18.5 Å². The summed E-state index contributed by atoms with van der Waals surface area (Å²) in [6.07, 6.45) is 5.38. The molecule has 4 nitrogen and oxygen atoms in total. The lowest BCUT2D eigenvalue weighted by Crippen LogP contribution is -2.38. The number of terminal acetylenes is 1. The van der Waals surface area contributed by atoms with Crippen LogP contribution in [0.5, 0.6) is 0 Å². The monoisotopic (exact) mass is 305 g/mol. The second-order valence-corrected chi connectivity index (χ2v) is 4.94. The minimum Gasteiger partial charge on any atom is -0.385 e. The number of amides is 2. The lowest BCUT2D eigenvalue weighted by molar-refractivity contribution is 0.199. The van der Waals surface area contributed by atoms with Gasteiger partial charge in [0.1, 0.15) is 11.9 Å². The second kappa shape index (κ2) is 4.83. The average molecular weight is 306 g/mol. The minimum atomic E-state index is -0.388. The molecule has 18 heavy (non-hydrogen) atoms. The molecular formula is C13H12BrN3O. The Kier molecular flexibility index (Phi) is 3.39. The van der Waals surface area contributed by atoms with Gasteiger partial charge in [0.25, 0.3) is 0 Å². The molecule has 1 aromatic rings.